The van der Waals surface area contributed by atoms with E-state index in [1.807, 2.05) is 13.8 Å². The summed E-state index contributed by atoms with van der Waals surface area (Å²) in [5, 5.41) is 10.8. The lowest BCUT2D eigenvalue weighted by Crippen LogP contribution is -1.90. The Balaban J connectivity index is 3.16. The van der Waals surface area contributed by atoms with E-state index in [0.29, 0.717) is 5.92 Å². The normalized spacial score (nSPS) is 15.1. The summed E-state index contributed by atoms with van der Waals surface area (Å²) in [5.74, 6) is 0.407. The summed E-state index contributed by atoms with van der Waals surface area (Å²) in [6, 6.07) is 0. The van der Waals surface area contributed by atoms with Gasteiger partial charge in [0.1, 0.15) is 0 Å². The van der Waals surface area contributed by atoms with Crippen molar-refractivity contribution in [1.29, 1.82) is 0 Å². The van der Waals surface area contributed by atoms with Crippen LogP contribution in [0.3, 0.4) is 0 Å². The summed E-state index contributed by atoms with van der Waals surface area (Å²) >= 11 is 0. The predicted octanol–water partition coefficient (Wildman–Crippen LogP) is 1.49. The van der Waals surface area contributed by atoms with E-state index in [9.17, 15) is 0 Å². The smallest absolute Gasteiger partial charge is 0.0463 e. The third kappa shape index (κ3) is 3.30. The zero-order valence-electron chi connectivity index (χ0n) is 4.76. The minimum Gasteiger partial charge on any atom is -0.411 e. The maximum Gasteiger partial charge on any atom is 0.0463 e. The van der Waals surface area contributed by atoms with Gasteiger partial charge in [0.2, 0.25) is 0 Å². The zero-order valence-corrected chi connectivity index (χ0v) is 4.76. The molecule has 0 aromatic heterocycles. The van der Waals surface area contributed by atoms with Gasteiger partial charge in [-0.15, -0.1) is 5.16 Å². The highest BCUT2D eigenvalue weighted by Crippen LogP contribution is 1.93. The molecule has 0 saturated carbocycles. The van der Waals surface area contributed by atoms with E-state index >= 15 is 0 Å². The Kier molecular flexibility index (Phi) is 3.38. The van der Waals surface area contributed by atoms with Crippen molar-refractivity contribution in [2.45, 2.75) is 20.3 Å². The van der Waals surface area contributed by atoms with Gasteiger partial charge in [-0.3, -0.25) is 0 Å². The van der Waals surface area contributed by atoms with Gasteiger partial charge in [0.15, 0.2) is 0 Å². The predicted molar refractivity (Wildman–Crippen MR) is 29.7 cm³/mol. The molecule has 0 aliphatic carbocycles. The molecule has 0 saturated heterocycles. The van der Waals surface area contributed by atoms with Gasteiger partial charge < -0.3 is 5.21 Å². The standard InChI is InChI=1S/C5H11NO/c1-3-5(2)4-6-7/h4-5,7H,3H2,1-2H3/b6-4+/t5-/m0/s1. The van der Waals surface area contributed by atoms with Crippen molar-refractivity contribution in [3.8, 4) is 0 Å². The van der Waals surface area contributed by atoms with Gasteiger partial charge in [0.25, 0.3) is 0 Å². The van der Waals surface area contributed by atoms with E-state index < -0.39 is 0 Å². The number of hydrogen-bond donors (Lipinski definition) is 1. The molecule has 7 heavy (non-hydrogen) atoms. The van der Waals surface area contributed by atoms with Crippen molar-refractivity contribution in [2.75, 3.05) is 0 Å². The quantitative estimate of drug-likeness (QED) is 0.319. The van der Waals surface area contributed by atoms with Gasteiger partial charge >= 0.3 is 0 Å². The van der Waals surface area contributed by atoms with Crippen LogP contribution in [0.15, 0.2) is 5.16 Å². The van der Waals surface area contributed by atoms with Crippen molar-refractivity contribution in [1.82, 2.24) is 0 Å². The highest BCUT2D eigenvalue weighted by molar-refractivity contribution is 5.58. The Bertz CT molecular complexity index is 61.1. The minimum atomic E-state index is 0.407. The van der Waals surface area contributed by atoms with Crippen LogP contribution in [-0.4, -0.2) is 11.4 Å². The third-order valence-corrected chi connectivity index (χ3v) is 0.965. The molecule has 1 N–H and O–H groups in total. The topological polar surface area (TPSA) is 32.6 Å². The molecule has 0 amide bonds. The Morgan fingerprint density at radius 3 is 2.57 bits per heavy atom. The maximum atomic E-state index is 7.94. The van der Waals surface area contributed by atoms with Crippen LogP contribution in [0.4, 0.5) is 0 Å². The Morgan fingerprint density at radius 1 is 1.86 bits per heavy atom. The number of oxime groups is 1. The van der Waals surface area contributed by atoms with Crippen molar-refractivity contribution in [3.63, 3.8) is 0 Å². The van der Waals surface area contributed by atoms with E-state index in [4.69, 9.17) is 5.21 Å². The molecule has 0 bridgehead atoms. The van der Waals surface area contributed by atoms with Crippen LogP contribution in [0.1, 0.15) is 20.3 Å². The molecular formula is C5H11NO. The van der Waals surface area contributed by atoms with Crippen LogP contribution < -0.4 is 0 Å². The first-order valence-electron chi connectivity index (χ1n) is 2.48. The molecule has 0 heterocycles. The van der Waals surface area contributed by atoms with Gasteiger partial charge in [-0.1, -0.05) is 13.8 Å². The molecule has 2 heteroatoms. The van der Waals surface area contributed by atoms with Crippen LogP contribution >= 0.6 is 0 Å². The van der Waals surface area contributed by atoms with E-state index in [-0.39, 0.29) is 0 Å². The molecule has 0 rings (SSSR count). The second kappa shape index (κ2) is 3.65. The molecule has 2 nitrogen and oxygen atoms in total. The first-order chi connectivity index (χ1) is 3.31. The maximum absolute atomic E-state index is 7.94. The van der Waals surface area contributed by atoms with Crippen LogP contribution in [0.25, 0.3) is 0 Å². The lowest BCUT2D eigenvalue weighted by molar-refractivity contribution is 0.318. The molecule has 0 aliphatic rings. The average molecular weight is 101 g/mol. The molecule has 0 spiro atoms. The highest BCUT2D eigenvalue weighted by atomic mass is 16.4. The van der Waals surface area contributed by atoms with Crippen molar-refractivity contribution >= 4 is 6.21 Å². The molecule has 0 aromatic rings. The molecule has 0 unspecified atom stereocenters. The SMILES string of the molecule is CC[C@H](C)/C=N/O. The van der Waals surface area contributed by atoms with Crippen LogP contribution in [0.5, 0.6) is 0 Å². The van der Waals surface area contributed by atoms with Crippen molar-refractivity contribution in [2.24, 2.45) is 11.1 Å². The summed E-state index contributed by atoms with van der Waals surface area (Å²) in [6.07, 6.45) is 2.56. The van der Waals surface area contributed by atoms with Gasteiger partial charge in [-0.25, -0.2) is 0 Å². The molecule has 0 radical (unpaired) electrons. The van der Waals surface area contributed by atoms with Crippen molar-refractivity contribution in [3.05, 3.63) is 0 Å². The lowest BCUT2D eigenvalue weighted by Gasteiger charge is -1.93. The van der Waals surface area contributed by atoms with Gasteiger partial charge in [-0.2, -0.15) is 0 Å². The van der Waals surface area contributed by atoms with Crippen LogP contribution in [0, 0.1) is 5.92 Å². The molecule has 0 aliphatic heterocycles. The van der Waals surface area contributed by atoms with Crippen LogP contribution in [0.2, 0.25) is 0 Å². The van der Waals surface area contributed by atoms with E-state index in [0.717, 1.165) is 6.42 Å². The van der Waals surface area contributed by atoms with E-state index in [1.165, 1.54) is 6.21 Å². The molecule has 0 fully saturated rings. The number of rotatable bonds is 2. The monoisotopic (exact) mass is 101 g/mol. The number of hydrogen-bond acceptors (Lipinski definition) is 2. The zero-order chi connectivity index (χ0) is 5.70. The average Bonchev–Trinajstić information content (AvgIpc) is 1.68. The second-order valence-corrected chi connectivity index (χ2v) is 1.65. The van der Waals surface area contributed by atoms with E-state index in [1.54, 1.807) is 0 Å². The third-order valence-electron chi connectivity index (χ3n) is 0.965. The summed E-state index contributed by atoms with van der Waals surface area (Å²) in [5.41, 5.74) is 0. The van der Waals surface area contributed by atoms with Gasteiger partial charge in [0.05, 0.1) is 0 Å². The first kappa shape index (κ1) is 6.47. The van der Waals surface area contributed by atoms with Crippen LogP contribution in [-0.2, 0) is 0 Å². The Hall–Kier alpha value is -0.530. The molecule has 1 atom stereocenters. The molecule has 0 aromatic carbocycles. The largest absolute Gasteiger partial charge is 0.411 e. The molecule has 42 valence electrons. The summed E-state index contributed by atoms with van der Waals surface area (Å²) in [4.78, 5) is 0. The fourth-order valence-electron chi connectivity index (χ4n) is 0.219. The fourth-order valence-corrected chi connectivity index (χ4v) is 0.219. The van der Waals surface area contributed by atoms with Gasteiger partial charge in [-0.05, 0) is 12.3 Å². The minimum absolute atomic E-state index is 0.407. The highest BCUT2D eigenvalue weighted by Gasteiger charge is 1.88. The summed E-state index contributed by atoms with van der Waals surface area (Å²) in [7, 11) is 0. The van der Waals surface area contributed by atoms with Gasteiger partial charge in [0, 0.05) is 6.21 Å². The lowest BCUT2D eigenvalue weighted by atomic mass is 10.1. The fraction of sp³-hybridized carbons (Fsp3) is 0.800. The van der Waals surface area contributed by atoms with E-state index in [2.05, 4.69) is 5.16 Å². The second-order valence-electron chi connectivity index (χ2n) is 1.65. The summed E-state index contributed by atoms with van der Waals surface area (Å²) in [6.45, 7) is 4.05. The number of nitrogens with zero attached hydrogens (tertiary/aromatic N) is 1. The Morgan fingerprint density at radius 2 is 2.43 bits per heavy atom. The van der Waals surface area contributed by atoms with Crippen molar-refractivity contribution < 1.29 is 5.21 Å². The first-order valence-corrected chi connectivity index (χ1v) is 2.48. The Labute approximate surface area is 43.8 Å². The summed E-state index contributed by atoms with van der Waals surface area (Å²) < 4.78 is 0. The molecular weight excluding hydrogens is 90.1 g/mol.